The lowest BCUT2D eigenvalue weighted by Gasteiger charge is -2.32. The minimum atomic E-state index is 0.757. The second-order valence-corrected chi connectivity index (χ2v) is 4.93. The summed E-state index contributed by atoms with van der Waals surface area (Å²) in [4.78, 5) is 6.68. The Morgan fingerprint density at radius 2 is 2.29 bits per heavy atom. The molecule has 17 heavy (non-hydrogen) atoms. The van der Waals surface area contributed by atoms with E-state index in [9.17, 15) is 0 Å². The van der Waals surface area contributed by atoms with Gasteiger partial charge in [-0.15, -0.1) is 0 Å². The van der Waals surface area contributed by atoms with E-state index in [2.05, 4.69) is 27.3 Å². The van der Waals surface area contributed by atoms with Crippen molar-refractivity contribution >= 4 is 0 Å². The Balaban J connectivity index is 1.62. The maximum atomic E-state index is 4.24. The molecular formula is C12H23N5. The van der Waals surface area contributed by atoms with Gasteiger partial charge in [0.25, 0.3) is 0 Å². The van der Waals surface area contributed by atoms with Gasteiger partial charge in [0.1, 0.15) is 6.33 Å². The SMILES string of the molecule is CN1CCCCC1CCNCc1ncn(C)n1. The highest BCUT2D eigenvalue weighted by Crippen LogP contribution is 2.16. The number of hydrogen-bond donors (Lipinski definition) is 1. The smallest absolute Gasteiger partial charge is 0.164 e. The van der Waals surface area contributed by atoms with E-state index in [1.807, 2.05) is 7.05 Å². The number of piperidine rings is 1. The fourth-order valence-corrected chi connectivity index (χ4v) is 2.44. The highest BCUT2D eigenvalue weighted by Gasteiger charge is 2.17. The summed E-state index contributed by atoms with van der Waals surface area (Å²) >= 11 is 0. The van der Waals surface area contributed by atoms with Crippen LogP contribution in [0.1, 0.15) is 31.5 Å². The molecule has 0 saturated carbocycles. The first kappa shape index (κ1) is 12.5. The number of aryl methyl sites for hydroxylation is 1. The van der Waals surface area contributed by atoms with Gasteiger partial charge in [-0.3, -0.25) is 4.68 Å². The number of nitrogens with zero attached hydrogens (tertiary/aromatic N) is 4. The first-order valence-corrected chi connectivity index (χ1v) is 6.51. The van der Waals surface area contributed by atoms with Crippen LogP contribution in [0.15, 0.2) is 6.33 Å². The minimum Gasteiger partial charge on any atom is -0.310 e. The molecule has 1 saturated heterocycles. The van der Waals surface area contributed by atoms with Gasteiger partial charge in [0.05, 0.1) is 6.54 Å². The molecule has 1 aromatic rings. The number of likely N-dealkylation sites (tertiary alicyclic amines) is 1. The van der Waals surface area contributed by atoms with E-state index in [1.54, 1.807) is 11.0 Å². The Kier molecular flexibility index (Phi) is 4.50. The van der Waals surface area contributed by atoms with Crippen molar-refractivity contribution in [3.63, 3.8) is 0 Å². The number of aromatic nitrogens is 3. The summed E-state index contributed by atoms with van der Waals surface area (Å²) in [5.74, 6) is 0.879. The summed E-state index contributed by atoms with van der Waals surface area (Å²) in [6.45, 7) is 3.08. The monoisotopic (exact) mass is 237 g/mol. The van der Waals surface area contributed by atoms with Crippen LogP contribution in [0.5, 0.6) is 0 Å². The van der Waals surface area contributed by atoms with E-state index in [1.165, 1.54) is 32.2 Å². The number of rotatable bonds is 5. The lowest BCUT2D eigenvalue weighted by Crippen LogP contribution is -2.38. The van der Waals surface area contributed by atoms with Crippen molar-refractivity contribution in [1.82, 2.24) is 25.0 Å². The summed E-state index contributed by atoms with van der Waals surface area (Å²) < 4.78 is 1.74. The quantitative estimate of drug-likeness (QED) is 0.769. The molecule has 2 heterocycles. The van der Waals surface area contributed by atoms with Crippen LogP contribution in [0.3, 0.4) is 0 Å². The third-order valence-corrected chi connectivity index (χ3v) is 3.51. The minimum absolute atomic E-state index is 0.757. The maximum absolute atomic E-state index is 4.24. The molecule has 1 N–H and O–H groups in total. The van der Waals surface area contributed by atoms with Crippen molar-refractivity contribution in [1.29, 1.82) is 0 Å². The van der Waals surface area contributed by atoms with Crippen molar-refractivity contribution < 1.29 is 0 Å². The van der Waals surface area contributed by atoms with Crippen LogP contribution in [0.25, 0.3) is 0 Å². The van der Waals surface area contributed by atoms with Crippen LogP contribution in [0.2, 0.25) is 0 Å². The molecule has 0 radical (unpaired) electrons. The van der Waals surface area contributed by atoms with Crippen molar-refractivity contribution in [3.8, 4) is 0 Å². The number of hydrogen-bond acceptors (Lipinski definition) is 4. The standard InChI is InChI=1S/C12H23N5/c1-16-8-4-3-5-11(16)6-7-13-9-12-14-10-17(2)15-12/h10-11,13H,3-9H2,1-2H3. The third-order valence-electron chi connectivity index (χ3n) is 3.51. The zero-order valence-electron chi connectivity index (χ0n) is 10.9. The molecule has 1 fully saturated rings. The highest BCUT2D eigenvalue weighted by atomic mass is 15.3. The molecule has 5 heteroatoms. The van der Waals surface area contributed by atoms with E-state index in [0.29, 0.717) is 0 Å². The van der Waals surface area contributed by atoms with Gasteiger partial charge in [0, 0.05) is 13.1 Å². The van der Waals surface area contributed by atoms with Crippen molar-refractivity contribution in [2.45, 2.75) is 38.3 Å². The van der Waals surface area contributed by atoms with Crippen LogP contribution in [-0.2, 0) is 13.6 Å². The first-order valence-electron chi connectivity index (χ1n) is 6.51. The van der Waals surface area contributed by atoms with Gasteiger partial charge in [-0.2, -0.15) is 5.10 Å². The van der Waals surface area contributed by atoms with Gasteiger partial charge >= 0.3 is 0 Å². The Bertz CT molecular complexity index is 335. The van der Waals surface area contributed by atoms with Crippen molar-refractivity contribution in [2.24, 2.45) is 7.05 Å². The molecule has 1 unspecified atom stereocenters. The Morgan fingerprint density at radius 1 is 1.41 bits per heavy atom. The third kappa shape index (κ3) is 3.78. The second kappa shape index (κ2) is 6.12. The van der Waals surface area contributed by atoms with Gasteiger partial charge in [0.2, 0.25) is 0 Å². The predicted octanol–water partition coefficient (Wildman–Crippen LogP) is 0.779. The summed E-state index contributed by atoms with van der Waals surface area (Å²) in [6.07, 6.45) is 7.06. The van der Waals surface area contributed by atoms with E-state index >= 15 is 0 Å². The number of nitrogens with one attached hydrogen (secondary N) is 1. The average Bonchev–Trinajstić information content (AvgIpc) is 2.73. The van der Waals surface area contributed by atoms with Gasteiger partial charge in [0.15, 0.2) is 5.82 Å². The molecule has 0 spiro atoms. The molecule has 1 aromatic heterocycles. The zero-order chi connectivity index (χ0) is 12.1. The Labute approximate surface area is 103 Å². The highest BCUT2D eigenvalue weighted by molar-refractivity contribution is 4.81. The van der Waals surface area contributed by atoms with Crippen LogP contribution in [0.4, 0.5) is 0 Å². The Hall–Kier alpha value is -0.940. The van der Waals surface area contributed by atoms with E-state index in [4.69, 9.17) is 0 Å². The predicted molar refractivity (Wildman–Crippen MR) is 67.6 cm³/mol. The fourth-order valence-electron chi connectivity index (χ4n) is 2.44. The zero-order valence-corrected chi connectivity index (χ0v) is 10.9. The van der Waals surface area contributed by atoms with Gasteiger partial charge in [-0.05, 0) is 39.4 Å². The summed E-state index contributed by atoms with van der Waals surface area (Å²) in [5.41, 5.74) is 0. The summed E-state index contributed by atoms with van der Waals surface area (Å²) in [5, 5.41) is 7.66. The largest absolute Gasteiger partial charge is 0.310 e. The van der Waals surface area contributed by atoms with Crippen LogP contribution in [0, 0.1) is 0 Å². The maximum Gasteiger partial charge on any atom is 0.164 e. The van der Waals surface area contributed by atoms with Crippen molar-refractivity contribution in [3.05, 3.63) is 12.2 Å². The lowest BCUT2D eigenvalue weighted by atomic mass is 10.0. The van der Waals surface area contributed by atoms with E-state index in [-0.39, 0.29) is 0 Å². The molecule has 1 aliphatic rings. The first-order chi connectivity index (χ1) is 8.25. The lowest BCUT2D eigenvalue weighted by molar-refractivity contribution is 0.175. The van der Waals surface area contributed by atoms with Gasteiger partial charge < -0.3 is 10.2 Å². The molecule has 0 aliphatic carbocycles. The topological polar surface area (TPSA) is 46.0 Å². The molecule has 1 aliphatic heterocycles. The fraction of sp³-hybridized carbons (Fsp3) is 0.833. The Morgan fingerprint density at radius 3 is 3.00 bits per heavy atom. The molecule has 1 atom stereocenters. The van der Waals surface area contributed by atoms with E-state index in [0.717, 1.165) is 25.0 Å². The second-order valence-electron chi connectivity index (χ2n) is 4.93. The van der Waals surface area contributed by atoms with Crippen LogP contribution in [-0.4, -0.2) is 45.8 Å². The average molecular weight is 237 g/mol. The summed E-state index contributed by atoms with van der Waals surface area (Å²) in [6, 6.07) is 0.757. The van der Waals surface area contributed by atoms with Gasteiger partial charge in [-0.1, -0.05) is 6.42 Å². The van der Waals surface area contributed by atoms with E-state index < -0.39 is 0 Å². The normalized spacial score (nSPS) is 21.9. The molecule has 0 amide bonds. The molecular weight excluding hydrogens is 214 g/mol. The molecule has 0 bridgehead atoms. The molecule has 5 nitrogen and oxygen atoms in total. The molecule has 96 valence electrons. The molecule has 2 rings (SSSR count). The van der Waals surface area contributed by atoms with Gasteiger partial charge in [-0.25, -0.2) is 4.98 Å². The van der Waals surface area contributed by atoms with Crippen molar-refractivity contribution in [2.75, 3.05) is 20.1 Å². The molecule has 0 aromatic carbocycles. The van der Waals surface area contributed by atoms with Crippen LogP contribution < -0.4 is 5.32 Å². The summed E-state index contributed by atoms with van der Waals surface area (Å²) in [7, 11) is 4.14. The van der Waals surface area contributed by atoms with Crippen LogP contribution >= 0.6 is 0 Å².